The first-order chi connectivity index (χ1) is 12.0. The largest absolute Gasteiger partial charge is 0.452 e. The number of halogens is 1. The number of carbonyl (C=O) groups excluding carboxylic acids is 2. The molecule has 1 aliphatic heterocycles. The minimum Gasteiger partial charge on any atom is -0.452 e. The van der Waals surface area contributed by atoms with Gasteiger partial charge in [0.2, 0.25) is 0 Å². The molecule has 0 spiro atoms. The van der Waals surface area contributed by atoms with Gasteiger partial charge in [0.15, 0.2) is 11.8 Å². The maximum absolute atomic E-state index is 12.1. The van der Waals surface area contributed by atoms with E-state index in [0.717, 1.165) is 25.9 Å². The highest BCUT2D eigenvalue weighted by molar-refractivity contribution is 6.31. The summed E-state index contributed by atoms with van der Waals surface area (Å²) < 4.78 is 6.82. The molecule has 0 radical (unpaired) electrons. The Kier molecular flexibility index (Phi) is 5.38. The number of likely N-dealkylation sites (tertiary alicyclic amines) is 1. The van der Waals surface area contributed by atoms with Crippen LogP contribution in [0.15, 0.2) is 30.5 Å². The summed E-state index contributed by atoms with van der Waals surface area (Å²) in [7, 11) is 0. The molecule has 0 N–H and O–H groups in total. The van der Waals surface area contributed by atoms with Gasteiger partial charge in [-0.1, -0.05) is 24.6 Å². The summed E-state index contributed by atoms with van der Waals surface area (Å²) in [5.41, 5.74) is 1.28. The molecule has 2 aromatic rings. The molecule has 3 rings (SSSR count). The first-order valence-electron chi connectivity index (χ1n) is 8.30. The van der Waals surface area contributed by atoms with E-state index in [9.17, 15) is 9.59 Å². The van der Waals surface area contributed by atoms with Gasteiger partial charge in [-0.25, -0.2) is 9.78 Å². The smallest absolute Gasteiger partial charge is 0.331 e. The lowest BCUT2D eigenvalue weighted by atomic mass is 10.0. The molecule has 0 aromatic carbocycles. The average molecular weight is 362 g/mol. The van der Waals surface area contributed by atoms with Gasteiger partial charge in [0.25, 0.3) is 5.91 Å². The van der Waals surface area contributed by atoms with Crippen LogP contribution < -0.4 is 0 Å². The Labute approximate surface area is 151 Å². The highest BCUT2D eigenvalue weighted by atomic mass is 35.5. The van der Waals surface area contributed by atoms with E-state index in [0.29, 0.717) is 22.4 Å². The zero-order chi connectivity index (χ0) is 17.8. The molecule has 1 amide bonds. The quantitative estimate of drug-likeness (QED) is 0.620. The Morgan fingerprint density at radius 3 is 3.08 bits per heavy atom. The van der Waals surface area contributed by atoms with Gasteiger partial charge in [0, 0.05) is 25.4 Å². The Morgan fingerprint density at radius 1 is 1.44 bits per heavy atom. The molecule has 2 aromatic heterocycles. The van der Waals surface area contributed by atoms with Crippen molar-refractivity contribution in [1.29, 1.82) is 0 Å². The van der Waals surface area contributed by atoms with E-state index < -0.39 is 5.97 Å². The van der Waals surface area contributed by atoms with Gasteiger partial charge >= 0.3 is 5.97 Å². The molecule has 1 saturated heterocycles. The van der Waals surface area contributed by atoms with Crippen molar-refractivity contribution in [2.45, 2.75) is 19.8 Å². The number of ether oxygens (including phenoxy) is 1. The van der Waals surface area contributed by atoms with Crippen molar-refractivity contribution in [3.63, 3.8) is 0 Å². The number of rotatable bonds is 4. The molecule has 132 valence electrons. The second-order valence-electron chi connectivity index (χ2n) is 6.24. The highest BCUT2D eigenvalue weighted by Crippen LogP contribution is 2.19. The summed E-state index contributed by atoms with van der Waals surface area (Å²) in [4.78, 5) is 29.9. The van der Waals surface area contributed by atoms with Gasteiger partial charge in [-0.05, 0) is 37.0 Å². The second kappa shape index (κ2) is 7.70. The van der Waals surface area contributed by atoms with Crippen LogP contribution in [0.2, 0.25) is 5.15 Å². The van der Waals surface area contributed by atoms with Gasteiger partial charge in [0.1, 0.15) is 5.65 Å². The summed E-state index contributed by atoms with van der Waals surface area (Å²) in [6.07, 6.45) is 6.73. The van der Waals surface area contributed by atoms with Gasteiger partial charge < -0.3 is 9.64 Å². The van der Waals surface area contributed by atoms with Crippen molar-refractivity contribution in [2.24, 2.45) is 5.92 Å². The third-order valence-corrected chi connectivity index (χ3v) is 4.53. The monoisotopic (exact) mass is 361 g/mol. The van der Waals surface area contributed by atoms with Gasteiger partial charge in [-0.2, -0.15) is 0 Å². The van der Waals surface area contributed by atoms with E-state index in [2.05, 4.69) is 11.9 Å². The van der Waals surface area contributed by atoms with Crippen LogP contribution in [-0.4, -0.2) is 45.9 Å². The fourth-order valence-electron chi connectivity index (χ4n) is 2.97. The molecule has 1 fully saturated rings. The van der Waals surface area contributed by atoms with Crippen molar-refractivity contribution in [3.05, 3.63) is 41.3 Å². The molecule has 0 bridgehead atoms. The number of fused-ring (bicyclic) bond motifs is 1. The standard InChI is InChI=1S/C18H20ClN3O3/c1-13-5-4-9-21(11-13)16(23)12-25-17(24)8-7-14-18(19)20-15-6-2-3-10-22(14)15/h2-3,6-8,10,13H,4-5,9,11-12H2,1H3/b8-7+/t13-/m1/s1. The van der Waals surface area contributed by atoms with E-state index in [4.69, 9.17) is 16.3 Å². The molecule has 6 nitrogen and oxygen atoms in total. The predicted octanol–water partition coefficient (Wildman–Crippen LogP) is 2.80. The summed E-state index contributed by atoms with van der Waals surface area (Å²) in [5.74, 6) is -0.243. The lowest BCUT2D eigenvalue weighted by Crippen LogP contribution is -2.41. The van der Waals surface area contributed by atoms with E-state index in [-0.39, 0.29) is 12.5 Å². The molecule has 1 aliphatic rings. The van der Waals surface area contributed by atoms with Crippen LogP contribution >= 0.6 is 11.6 Å². The van der Waals surface area contributed by atoms with Crippen LogP contribution in [0.4, 0.5) is 0 Å². The Morgan fingerprint density at radius 2 is 2.28 bits per heavy atom. The maximum atomic E-state index is 12.1. The number of aromatic nitrogens is 2. The fourth-order valence-corrected chi connectivity index (χ4v) is 3.21. The third kappa shape index (κ3) is 4.20. The van der Waals surface area contributed by atoms with E-state index in [1.165, 1.54) is 12.2 Å². The number of nitrogens with zero attached hydrogens (tertiary/aromatic N) is 3. The molecular weight excluding hydrogens is 342 g/mol. The fraction of sp³-hybridized carbons (Fsp3) is 0.389. The van der Waals surface area contributed by atoms with Crippen LogP contribution in [0.1, 0.15) is 25.5 Å². The molecule has 7 heteroatoms. The third-order valence-electron chi connectivity index (χ3n) is 4.25. The maximum Gasteiger partial charge on any atom is 0.331 e. The number of carbonyl (C=O) groups is 2. The summed E-state index contributed by atoms with van der Waals surface area (Å²) in [6.45, 7) is 3.34. The first-order valence-corrected chi connectivity index (χ1v) is 8.67. The number of imidazole rings is 1. The van der Waals surface area contributed by atoms with Crippen molar-refractivity contribution in [3.8, 4) is 0 Å². The molecule has 0 saturated carbocycles. The van der Waals surface area contributed by atoms with E-state index >= 15 is 0 Å². The van der Waals surface area contributed by atoms with Crippen LogP contribution in [0.25, 0.3) is 11.7 Å². The molecule has 25 heavy (non-hydrogen) atoms. The highest BCUT2D eigenvalue weighted by Gasteiger charge is 2.21. The average Bonchev–Trinajstić information content (AvgIpc) is 2.93. The van der Waals surface area contributed by atoms with Crippen molar-refractivity contribution < 1.29 is 14.3 Å². The predicted molar refractivity (Wildman–Crippen MR) is 95.2 cm³/mol. The Hall–Kier alpha value is -2.34. The normalized spacial score (nSPS) is 18.0. The Balaban J connectivity index is 1.57. The van der Waals surface area contributed by atoms with E-state index in [1.807, 2.05) is 18.2 Å². The van der Waals surface area contributed by atoms with Gasteiger partial charge in [-0.15, -0.1) is 0 Å². The molecule has 0 aliphatic carbocycles. The SMILES string of the molecule is C[C@@H]1CCCN(C(=O)COC(=O)/C=C/c2c(Cl)nc3ccccn23)C1. The molecule has 1 atom stereocenters. The molecular formula is C18H20ClN3O3. The number of piperidine rings is 1. The minimum absolute atomic E-state index is 0.152. The van der Waals surface area contributed by atoms with E-state index in [1.54, 1.807) is 15.5 Å². The number of hydrogen-bond donors (Lipinski definition) is 0. The zero-order valence-electron chi connectivity index (χ0n) is 14.0. The topological polar surface area (TPSA) is 63.9 Å². The first kappa shape index (κ1) is 17.5. The molecule has 3 heterocycles. The van der Waals surface area contributed by atoms with Crippen molar-refractivity contribution >= 4 is 35.2 Å². The summed E-state index contributed by atoms with van der Waals surface area (Å²) >= 11 is 6.10. The van der Waals surface area contributed by atoms with Gasteiger partial charge in [-0.3, -0.25) is 9.20 Å². The number of esters is 1. The van der Waals surface area contributed by atoms with Crippen molar-refractivity contribution in [2.75, 3.05) is 19.7 Å². The molecule has 0 unspecified atom stereocenters. The van der Waals surface area contributed by atoms with Crippen LogP contribution in [0.5, 0.6) is 0 Å². The number of pyridine rings is 1. The van der Waals surface area contributed by atoms with Crippen LogP contribution in [0, 0.1) is 5.92 Å². The number of hydrogen-bond acceptors (Lipinski definition) is 4. The zero-order valence-corrected chi connectivity index (χ0v) is 14.8. The summed E-state index contributed by atoms with van der Waals surface area (Å²) in [5, 5.41) is 0.300. The lowest BCUT2D eigenvalue weighted by Gasteiger charge is -2.30. The van der Waals surface area contributed by atoms with Crippen LogP contribution in [-0.2, 0) is 14.3 Å². The summed E-state index contributed by atoms with van der Waals surface area (Å²) in [6, 6.07) is 5.52. The minimum atomic E-state index is -0.583. The van der Waals surface area contributed by atoms with Gasteiger partial charge in [0.05, 0.1) is 5.69 Å². The second-order valence-corrected chi connectivity index (χ2v) is 6.60. The Bertz CT molecular complexity index is 815. The van der Waals surface area contributed by atoms with Crippen molar-refractivity contribution in [1.82, 2.24) is 14.3 Å². The lowest BCUT2D eigenvalue weighted by molar-refractivity contribution is -0.149. The van der Waals surface area contributed by atoms with Crippen LogP contribution in [0.3, 0.4) is 0 Å². The number of amides is 1.